The number of methoxy groups -OCH3 is 1. The van der Waals surface area contributed by atoms with E-state index in [1.807, 2.05) is 42.5 Å². The number of hydrogen-bond donors (Lipinski definition) is 0. The average Bonchev–Trinajstić information content (AvgIpc) is 2.94. The van der Waals surface area contributed by atoms with Crippen LogP contribution >= 0.6 is 11.6 Å². The molecule has 0 bridgehead atoms. The second kappa shape index (κ2) is 11.5. The van der Waals surface area contributed by atoms with Crippen LogP contribution in [0, 0.1) is 10.8 Å². The Morgan fingerprint density at radius 3 is 2.02 bits per heavy atom. The van der Waals surface area contributed by atoms with Crippen molar-refractivity contribution in [1.29, 1.82) is 0 Å². The van der Waals surface area contributed by atoms with Gasteiger partial charge in [-0.2, -0.15) is 0 Å². The van der Waals surface area contributed by atoms with Gasteiger partial charge in [-0.25, -0.2) is 0 Å². The topological polar surface area (TPSA) is 55.8 Å². The molecule has 0 atom stereocenters. The molecule has 1 fully saturated rings. The summed E-state index contributed by atoms with van der Waals surface area (Å²) in [6.07, 6.45) is 8.50. The maximum atomic E-state index is 14.2. The monoisotopic (exact) mass is 601 g/mol. The van der Waals surface area contributed by atoms with E-state index in [4.69, 9.17) is 21.1 Å². The van der Waals surface area contributed by atoms with Gasteiger partial charge in [-0.3, -0.25) is 9.59 Å². The lowest BCUT2D eigenvalue weighted by molar-refractivity contribution is -0.119. The molecule has 1 saturated carbocycles. The quantitative estimate of drug-likeness (QED) is 0.331. The Labute approximate surface area is 261 Å². The molecule has 5 nitrogen and oxygen atoms in total. The number of nitrogens with zero attached hydrogens (tertiary/aromatic N) is 1. The molecule has 4 aliphatic rings. The molecule has 0 radical (unpaired) electrons. The van der Waals surface area contributed by atoms with Gasteiger partial charge in [0, 0.05) is 52.4 Å². The van der Waals surface area contributed by atoms with Gasteiger partial charge in [-0.05, 0) is 71.9 Å². The van der Waals surface area contributed by atoms with Crippen LogP contribution in [0.2, 0.25) is 5.02 Å². The number of Topliss-reactive ketones (excluding diaryl/α,β-unsaturated/α-hetero) is 2. The number of hydrogen-bond acceptors (Lipinski definition) is 5. The second-order valence-corrected chi connectivity index (χ2v) is 15.0. The molecular formula is C37H44ClNO4. The largest absolute Gasteiger partial charge is 0.493 e. The fourth-order valence-corrected chi connectivity index (χ4v) is 8.09. The third-order valence-electron chi connectivity index (χ3n) is 9.70. The predicted molar refractivity (Wildman–Crippen MR) is 170 cm³/mol. The van der Waals surface area contributed by atoms with E-state index in [1.54, 1.807) is 7.11 Å². The highest BCUT2D eigenvalue weighted by Crippen LogP contribution is 2.56. The molecule has 1 heterocycles. The van der Waals surface area contributed by atoms with E-state index in [-0.39, 0.29) is 22.4 Å². The number of carbonyl (C=O) groups excluding carboxylic acids is 2. The van der Waals surface area contributed by atoms with Crippen molar-refractivity contribution in [3.8, 4) is 11.5 Å². The zero-order chi connectivity index (χ0) is 30.5. The summed E-state index contributed by atoms with van der Waals surface area (Å²) in [6.45, 7) is 9.17. The Morgan fingerprint density at radius 1 is 0.814 bits per heavy atom. The van der Waals surface area contributed by atoms with Gasteiger partial charge < -0.3 is 14.4 Å². The highest BCUT2D eigenvalue weighted by Gasteiger charge is 2.50. The van der Waals surface area contributed by atoms with Crippen LogP contribution in [0.3, 0.4) is 0 Å². The molecule has 43 heavy (non-hydrogen) atoms. The highest BCUT2D eigenvalue weighted by molar-refractivity contribution is 6.30. The van der Waals surface area contributed by atoms with Crippen molar-refractivity contribution in [2.24, 2.45) is 10.8 Å². The van der Waals surface area contributed by atoms with Crippen LogP contribution < -0.4 is 9.47 Å². The molecule has 228 valence electrons. The molecule has 0 spiro atoms. The molecule has 2 aromatic rings. The van der Waals surface area contributed by atoms with Gasteiger partial charge in [0.15, 0.2) is 23.1 Å². The van der Waals surface area contributed by atoms with Crippen molar-refractivity contribution >= 4 is 23.2 Å². The summed E-state index contributed by atoms with van der Waals surface area (Å²) in [4.78, 5) is 30.9. The minimum Gasteiger partial charge on any atom is -0.493 e. The molecule has 0 amide bonds. The number of ether oxygens (including phenoxy) is 2. The van der Waals surface area contributed by atoms with Crippen LogP contribution in [0.15, 0.2) is 65.0 Å². The second-order valence-electron chi connectivity index (χ2n) is 14.5. The van der Waals surface area contributed by atoms with Crippen molar-refractivity contribution in [2.75, 3.05) is 7.11 Å². The first-order valence-electron chi connectivity index (χ1n) is 15.8. The summed E-state index contributed by atoms with van der Waals surface area (Å²) in [5.74, 6) is 1.14. The van der Waals surface area contributed by atoms with Crippen molar-refractivity contribution in [3.63, 3.8) is 0 Å². The van der Waals surface area contributed by atoms with Crippen molar-refractivity contribution in [1.82, 2.24) is 4.90 Å². The highest BCUT2D eigenvalue weighted by atomic mass is 35.5. The minimum atomic E-state index is -0.395. The molecule has 0 N–H and O–H groups in total. The van der Waals surface area contributed by atoms with E-state index in [9.17, 15) is 9.59 Å². The van der Waals surface area contributed by atoms with Gasteiger partial charge in [0.25, 0.3) is 0 Å². The maximum absolute atomic E-state index is 14.2. The zero-order valence-corrected chi connectivity index (χ0v) is 27.0. The van der Waals surface area contributed by atoms with E-state index in [0.29, 0.717) is 42.0 Å². The van der Waals surface area contributed by atoms with E-state index in [2.05, 4.69) is 32.6 Å². The first-order valence-corrected chi connectivity index (χ1v) is 16.2. The molecule has 2 aromatic carbocycles. The summed E-state index contributed by atoms with van der Waals surface area (Å²) in [7, 11) is 1.63. The van der Waals surface area contributed by atoms with E-state index >= 15 is 0 Å². The predicted octanol–water partition coefficient (Wildman–Crippen LogP) is 8.95. The number of allylic oxidation sites excluding steroid dienone is 4. The standard InChI is InChI=1S/C37H44ClNO4/c1-36(2)18-27-34(29(40)20-36)33(24-14-15-31(32(17-24)42-5)43-22-23-10-9-11-25(38)16-23)35-28(19-37(3,4)21-30(35)41)39(27)26-12-7-6-8-13-26/h9-11,14-17,26,33H,6-8,12-13,18-22H2,1-5H3. The Hall–Kier alpha value is -3.05. The molecule has 1 aliphatic heterocycles. The van der Waals surface area contributed by atoms with Crippen LogP contribution in [-0.2, 0) is 16.2 Å². The third kappa shape index (κ3) is 5.90. The minimum absolute atomic E-state index is 0.130. The number of carbonyl (C=O) groups is 2. The number of ketones is 2. The lowest BCUT2D eigenvalue weighted by Gasteiger charge is -2.52. The Balaban J connectivity index is 1.47. The molecule has 6 heteroatoms. The summed E-state index contributed by atoms with van der Waals surface area (Å²) in [6, 6.07) is 13.9. The van der Waals surface area contributed by atoms with Crippen LogP contribution in [0.4, 0.5) is 0 Å². The maximum Gasteiger partial charge on any atom is 0.162 e. The van der Waals surface area contributed by atoms with Gasteiger partial charge in [0.1, 0.15) is 6.61 Å². The Kier molecular flexibility index (Phi) is 8.00. The summed E-state index contributed by atoms with van der Waals surface area (Å²) in [5, 5.41) is 0.664. The van der Waals surface area contributed by atoms with Gasteiger partial charge in [-0.1, -0.05) is 76.8 Å². The van der Waals surface area contributed by atoms with Gasteiger partial charge in [0.05, 0.1) is 7.11 Å². The van der Waals surface area contributed by atoms with Crippen LogP contribution in [-0.4, -0.2) is 29.6 Å². The summed E-state index contributed by atoms with van der Waals surface area (Å²) in [5.41, 5.74) is 5.58. The van der Waals surface area contributed by atoms with Gasteiger partial charge in [-0.15, -0.1) is 0 Å². The first kappa shape index (κ1) is 30.0. The van der Waals surface area contributed by atoms with E-state index in [1.165, 1.54) is 19.3 Å². The fraction of sp³-hybridized carbons (Fsp3) is 0.514. The average molecular weight is 602 g/mol. The van der Waals surface area contributed by atoms with Gasteiger partial charge >= 0.3 is 0 Å². The lowest BCUT2D eigenvalue weighted by Crippen LogP contribution is -2.48. The Morgan fingerprint density at radius 2 is 1.44 bits per heavy atom. The van der Waals surface area contributed by atoms with Crippen LogP contribution in [0.1, 0.15) is 103 Å². The summed E-state index contributed by atoms with van der Waals surface area (Å²) < 4.78 is 12.0. The molecule has 3 aliphatic carbocycles. The van der Waals surface area contributed by atoms with Crippen LogP contribution in [0.5, 0.6) is 11.5 Å². The molecule has 6 rings (SSSR count). The van der Waals surface area contributed by atoms with Crippen molar-refractivity contribution in [3.05, 3.63) is 81.2 Å². The first-order chi connectivity index (χ1) is 20.5. The number of halogens is 1. The third-order valence-corrected chi connectivity index (χ3v) is 9.93. The van der Waals surface area contributed by atoms with Crippen molar-refractivity contribution in [2.45, 2.75) is 104 Å². The fourth-order valence-electron chi connectivity index (χ4n) is 7.88. The van der Waals surface area contributed by atoms with E-state index < -0.39 is 5.92 Å². The number of benzene rings is 2. The van der Waals surface area contributed by atoms with Crippen molar-refractivity contribution < 1.29 is 19.1 Å². The van der Waals surface area contributed by atoms with Gasteiger partial charge in [0.2, 0.25) is 0 Å². The Bertz CT molecular complexity index is 1460. The smallest absolute Gasteiger partial charge is 0.162 e. The molecule has 0 aromatic heterocycles. The molecule has 0 saturated heterocycles. The number of rotatable bonds is 6. The molecule has 0 unspecified atom stereocenters. The van der Waals surface area contributed by atoms with E-state index in [0.717, 1.165) is 59.4 Å². The zero-order valence-electron chi connectivity index (χ0n) is 26.2. The van der Waals surface area contributed by atoms with Crippen LogP contribution in [0.25, 0.3) is 0 Å². The molecular weight excluding hydrogens is 558 g/mol. The SMILES string of the molecule is COc1cc(C2C3=C(CC(C)(C)CC3=O)N(C3CCCCC3)C3=C2C(=O)CC(C)(C)C3)ccc1OCc1cccc(Cl)c1. The summed E-state index contributed by atoms with van der Waals surface area (Å²) >= 11 is 6.17. The normalized spacial score (nSPS) is 22.4. The lowest BCUT2D eigenvalue weighted by atomic mass is 9.63.